The van der Waals surface area contributed by atoms with Crippen LogP contribution < -0.4 is 20.5 Å². The molecule has 0 spiro atoms. The van der Waals surface area contributed by atoms with Crippen LogP contribution in [0.15, 0.2) is 30.3 Å². The SMILES string of the molecule is [C-]#[N+]c1cc(N)c(NCc2ccc(OC)cc2OC)cc1[N+]#[C-]. The number of methoxy groups -OCH3 is 2. The monoisotopic (exact) mass is 308 g/mol. The van der Waals surface area contributed by atoms with Crippen LogP contribution >= 0.6 is 0 Å². The maximum absolute atomic E-state index is 7.14. The van der Waals surface area contributed by atoms with Gasteiger partial charge in [0.25, 0.3) is 0 Å². The highest BCUT2D eigenvalue weighted by molar-refractivity contribution is 5.83. The van der Waals surface area contributed by atoms with Gasteiger partial charge in [0.15, 0.2) is 11.4 Å². The molecule has 0 heterocycles. The molecule has 6 heteroatoms. The van der Waals surface area contributed by atoms with E-state index in [9.17, 15) is 0 Å². The van der Waals surface area contributed by atoms with Crippen LogP contribution in [0, 0.1) is 13.1 Å². The molecule has 2 aromatic rings. The first kappa shape index (κ1) is 16.0. The molecule has 0 saturated heterocycles. The Labute approximate surface area is 135 Å². The van der Waals surface area contributed by atoms with Crippen LogP contribution in [0.2, 0.25) is 0 Å². The fraction of sp³-hybridized carbons (Fsp3) is 0.176. The summed E-state index contributed by atoms with van der Waals surface area (Å²) < 4.78 is 10.5. The molecule has 6 nitrogen and oxygen atoms in total. The molecule has 116 valence electrons. The molecule has 0 fully saturated rings. The van der Waals surface area contributed by atoms with Crippen molar-refractivity contribution in [3.8, 4) is 11.5 Å². The van der Waals surface area contributed by atoms with E-state index in [4.69, 9.17) is 28.4 Å². The van der Waals surface area contributed by atoms with E-state index in [1.807, 2.05) is 12.1 Å². The molecule has 23 heavy (non-hydrogen) atoms. The first-order valence-electron chi connectivity index (χ1n) is 6.76. The van der Waals surface area contributed by atoms with E-state index < -0.39 is 0 Å². The van der Waals surface area contributed by atoms with E-state index in [0.29, 0.717) is 29.4 Å². The van der Waals surface area contributed by atoms with Crippen molar-refractivity contribution < 1.29 is 9.47 Å². The molecule has 2 aromatic carbocycles. The maximum atomic E-state index is 7.14. The van der Waals surface area contributed by atoms with E-state index in [1.54, 1.807) is 26.4 Å². The van der Waals surface area contributed by atoms with Crippen LogP contribution in [0.4, 0.5) is 22.7 Å². The van der Waals surface area contributed by atoms with Crippen LogP contribution in [0.3, 0.4) is 0 Å². The van der Waals surface area contributed by atoms with Crippen LogP contribution in [0.5, 0.6) is 11.5 Å². The molecule has 3 N–H and O–H groups in total. The zero-order valence-corrected chi connectivity index (χ0v) is 12.9. The van der Waals surface area contributed by atoms with Crippen molar-refractivity contribution in [1.82, 2.24) is 0 Å². The van der Waals surface area contributed by atoms with E-state index in [1.165, 1.54) is 6.07 Å². The van der Waals surface area contributed by atoms with Crippen molar-refractivity contribution in [2.45, 2.75) is 6.54 Å². The average molecular weight is 308 g/mol. The van der Waals surface area contributed by atoms with Crippen molar-refractivity contribution >= 4 is 22.7 Å². The molecule has 0 atom stereocenters. The molecule has 0 unspecified atom stereocenters. The number of ether oxygens (including phenoxy) is 2. The number of nitrogen functional groups attached to an aromatic ring is 1. The Hall–Kier alpha value is -3.38. The Bertz CT molecular complexity index is 803. The minimum absolute atomic E-state index is 0.255. The second-order valence-corrected chi connectivity index (χ2v) is 4.68. The molecule has 0 aliphatic rings. The smallest absolute Gasteiger partial charge is 0.196 e. The minimum Gasteiger partial charge on any atom is -0.497 e. The summed E-state index contributed by atoms with van der Waals surface area (Å²) in [5.74, 6) is 1.40. The molecular formula is C17H16N4O2. The number of hydrogen-bond acceptors (Lipinski definition) is 4. The van der Waals surface area contributed by atoms with Crippen molar-refractivity contribution in [1.29, 1.82) is 0 Å². The zero-order chi connectivity index (χ0) is 16.8. The van der Waals surface area contributed by atoms with Gasteiger partial charge in [0, 0.05) is 29.5 Å². The van der Waals surface area contributed by atoms with Crippen molar-refractivity contribution in [3.05, 3.63) is 58.7 Å². The fourth-order valence-corrected chi connectivity index (χ4v) is 2.11. The standard InChI is InChI=1S/C17H16N4O2/c1-19-15-8-13(18)14(9-16(15)20-2)21-10-11-5-6-12(22-3)7-17(11)23-4/h5-9,21H,10,18H2,3-4H3. The number of benzene rings is 2. The summed E-state index contributed by atoms with van der Waals surface area (Å²) >= 11 is 0. The van der Waals surface area contributed by atoms with Gasteiger partial charge in [-0.2, -0.15) is 0 Å². The zero-order valence-electron chi connectivity index (χ0n) is 12.9. The third-order valence-corrected chi connectivity index (χ3v) is 3.35. The molecule has 2 rings (SSSR count). The number of nitrogens with one attached hydrogen (secondary N) is 1. The van der Waals surface area contributed by atoms with Gasteiger partial charge in [-0.05, 0) is 24.3 Å². The number of nitrogens with two attached hydrogens (primary N) is 1. The molecule has 0 amide bonds. The van der Waals surface area contributed by atoms with Crippen molar-refractivity contribution in [3.63, 3.8) is 0 Å². The third kappa shape index (κ3) is 3.45. The number of anilines is 2. The summed E-state index contributed by atoms with van der Waals surface area (Å²) in [6.07, 6.45) is 0. The maximum Gasteiger partial charge on any atom is 0.196 e. The first-order chi connectivity index (χ1) is 11.1. The Morgan fingerprint density at radius 3 is 2.35 bits per heavy atom. The van der Waals surface area contributed by atoms with Gasteiger partial charge in [-0.25, -0.2) is 0 Å². The number of hydrogen-bond donors (Lipinski definition) is 2. The minimum atomic E-state index is 0.255. The van der Waals surface area contributed by atoms with Gasteiger partial charge in [0.05, 0.1) is 27.4 Å². The Kier molecular flexibility index (Phi) is 4.91. The molecule has 0 aromatic heterocycles. The summed E-state index contributed by atoms with van der Waals surface area (Å²) in [7, 11) is 3.19. The van der Waals surface area contributed by atoms with Crippen LogP contribution in [0.25, 0.3) is 9.69 Å². The second kappa shape index (κ2) is 7.06. The average Bonchev–Trinajstić information content (AvgIpc) is 2.60. The topological polar surface area (TPSA) is 65.2 Å². The lowest BCUT2D eigenvalue weighted by Gasteiger charge is -2.14. The largest absolute Gasteiger partial charge is 0.497 e. The summed E-state index contributed by atoms with van der Waals surface area (Å²) in [5, 5.41) is 3.18. The molecule has 0 bridgehead atoms. The highest BCUT2D eigenvalue weighted by atomic mass is 16.5. The first-order valence-corrected chi connectivity index (χ1v) is 6.76. The van der Waals surface area contributed by atoms with Crippen molar-refractivity contribution in [2.24, 2.45) is 0 Å². The van der Waals surface area contributed by atoms with Gasteiger partial charge in [-0.1, -0.05) is 0 Å². The third-order valence-electron chi connectivity index (χ3n) is 3.35. The molecular weight excluding hydrogens is 292 g/mol. The Morgan fingerprint density at radius 2 is 1.74 bits per heavy atom. The molecule has 0 aliphatic carbocycles. The summed E-state index contributed by atoms with van der Waals surface area (Å²) in [5.41, 5.74) is 8.43. The van der Waals surface area contributed by atoms with E-state index in [-0.39, 0.29) is 11.4 Å². The summed E-state index contributed by atoms with van der Waals surface area (Å²) in [4.78, 5) is 6.66. The molecule has 0 radical (unpaired) electrons. The highest BCUT2D eigenvalue weighted by Gasteiger charge is 2.10. The lowest BCUT2D eigenvalue weighted by Crippen LogP contribution is -2.04. The fourth-order valence-electron chi connectivity index (χ4n) is 2.11. The van der Waals surface area contributed by atoms with Crippen molar-refractivity contribution in [2.75, 3.05) is 25.3 Å². The van der Waals surface area contributed by atoms with Gasteiger partial charge in [-0.15, -0.1) is 0 Å². The highest BCUT2D eigenvalue weighted by Crippen LogP contribution is 2.36. The van der Waals surface area contributed by atoms with Crippen LogP contribution in [-0.4, -0.2) is 14.2 Å². The van der Waals surface area contributed by atoms with Gasteiger partial charge in [0.2, 0.25) is 0 Å². The lowest BCUT2D eigenvalue weighted by molar-refractivity contribution is 0.391. The van der Waals surface area contributed by atoms with Crippen LogP contribution in [0.1, 0.15) is 5.56 Å². The van der Waals surface area contributed by atoms with Gasteiger partial charge < -0.3 is 20.5 Å². The summed E-state index contributed by atoms with van der Waals surface area (Å²) in [6.45, 7) is 14.7. The lowest BCUT2D eigenvalue weighted by atomic mass is 10.1. The Balaban J connectivity index is 2.25. The Morgan fingerprint density at radius 1 is 1.04 bits per heavy atom. The van der Waals surface area contributed by atoms with E-state index in [2.05, 4.69) is 15.0 Å². The number of nitrogens with zero attached hydrogens (tertiary/aromatic N) is 2. The van der Waals surface area contributed by atoms with Gasteiger partial charge in [-0.3, -0.25) is 9.69 Å². The molecule has 0 saturated carbocycles. The predicted molar refractivity (Wildman–Crippen MR) is 90.3 cm³/mol. The van der Waals surface area contributed by atoms with E-state index >= 15 is 0 Å². The summed E-state index contributed by atoms with van der Waals surface area (Å²) in [6, 6.07) is 8.63. The van der Waals surface area contributed by atoms with E-state index in [0.717, 1.165) is 5.56 Å². The normalized spacial score (nSPS) is 9.57. The molecule has 0 aliphatic heterocycles. The second-order valence-electron chi connectivity index (χ2n) is 4.68. The van der Waals surface area contributed by atoms with Crippen LogP contribution in [-0.2, 0) is 6.54 Å². The quantitative estimate of drug-likeness (QED) is 0.647. The van der Waals surface area contributed by atoms with Gasteiger partial charge >= 0.3 is 0 Å². The number of rotatable bonds is 5. The van der Waals surface area contributed by atoms with Gasteiger partial charge in [0.1, 0.15) is 11.5 Å². The predicted octanol–water partition coefficient (Wildman–Crippen LogP) is 4.00.